The molecule has 0 aliphatic carbocycles. The Balaban J connectivity index is 2.01. The molecule has 5 heteroatoms. The Morgan fingerprint density at radius 2 is 2.32 bits per heavy atom. The zero-order chi connectivity index (χ0) is 14.0. The molecule has 2 unspecified atom stereocenters. The molecule has 1 aliphatic heterocycles. The molecule has 0 bridgehead atoms. The van der Waals surface area contributed by atoms with Crippen molar-refractivity contribution in [2.75, 3.05) is 13.6 Å². The standard InChI is InChI=1S/C14H22BrN3O/c1-4-18-9-11(15)8-13(18)14(19)16-12-5-6-17(3)10(2)7-12/h8-10,12H,4-7H2,1-3H3,(H,16,19). The molecule has 1 N–H and O–H groups in total. The Bertz CT molecular complexity index is 458. The first kappa shape index (κ1) is 14.6. The van der Waals surface area contributed by atoms with Gasteiger partial charge < -0.3 is 14.8 Å². The van der Waals surface area contributed by atoms with Crippen LogP contribution in [0.1, 0.15) is 37.2 Å². The molecule has 1 aromatic heterocycles. The smallest absolute Gasteiger partial charge is 0.268 e. The maximum atomic E-state index is 12.3. The SMILES string of the molecule is CCn1cc(Br)cc1C(=O)NC1CCN(C)C(C)C1. The molecular weight excluding hydrogens is 306 g/mol. The van der Waals surface area contributed by atoms with Gasteiger partial charge in [0.05, 0.1) is 0 Å². The minimum absolute atomic E-state index is 0.0364. The number of carbonyl (C=O) groups is 1. The number of rotatable bonds is 3. The normalized spacial score (nSPS) is 24.4. The third-order valence-electron chi connectivity index (χ3n) is 3.98. The van der Waals surface area contributed by atoms with E-state index in [0.29, 0.717) is 6.04 Å². The highest BCUT2D eigenvalue weighted by atomic mass is 79.9. The Kier molecular flexibility index (Phi) is 4.68. The lowest BCUT2D eigenvalue weighted by Gasteiger charge is -2.35. The van der Waals surface area contributed by atoms with Gasteiger partial charge in [-0.25, -0.2) is 0 Å². The first-order chi connectivity index (χ1) is 9.01. The van der Waals surface area contributed by atoms with Crippen LogP contribution in [0.3, 0.4) is 0 Å². The average Bonchev–Trinajstić information content (AvgIpc) is 2.75. The van der Waals surface area contributed by atoms with E-state index in [2.05, 4.69) is 40.1 Å². The predicted molar refractivity (Wildman–Crippen MR) is 80.4 cm³/mol. The fraction of sp³-hybridized carbons (Fsp3) is 0.643. The van der Waals surface area contributed by atoms with Crippen molar-refractivity contribution in [2.45, 2.75) is 45.3 Å². The minimum Gasteiger partial charge on any atom is -0.348 e. The molecule has 2 heterocycles. The number of amides is 1. The van der Waals surface area contributed by atoms with Gasteiger partial charge in [-0.2, -0.15) is 0 Å². The summed E-state index contributed by atoms with van der Waals surface area (Å²) in [4.78, 5) is 14.7. The van der Waals surface area contributed by atoms with E-state index in [9.17, 15) is 4.79 Å². The first-order valence-electron chi connectivity index (χ1n) is 6.88. The summed E-state index contributed by atoms with van der Waals surface area (Å²) >= 11 is 3.43. The van der Waals surface area contributed by atoms with Crippen molar-refractivity contribution in [3.8, 4) is 0 Å². The summed E-state index contributed by atoms with van der Waals surface area (Å²) in [6, 6.07) is 2.71. The summed E-state index contributed by atoms with van der Waals surface area (Å²) in [5.41, 5.74) is 0.737. The van der Waals surface area contributed by atoms with Gasteiger partial charge in [-0.3, -0.25) is 4.79 Å². The quantitative estimate of drug-likeness (QED) is 0.926. The maximum absolute atomic E-state index is 12.3. The van der Waals surface area contributed by atoms with Gasteiger partial charge in [0.1, 0.15) is 5.69 Å². The predicted octanol–water partition coefficient (Wildman–Crippen LogP) is 2.48. The van der Waals surface area contributed by atoms with Crippen LogP contribution in [0.4, 0.5) is 0 Å². The molecule has 1 aromatic rings. The van der Waals surface area contributed by atoms with E-state index >= 15 is 0 Å². The van der Waals surface area contributed by atoms with Gasteiger partial charge in [0.15, 0.2) is 0 Å². The van der Waals surface area contributed by atoms with Crippen molar-refractivity contribution in [1.82, 2.24) is 14.8 Å². The maximum Gasteiger partial charge on any atom is 0.268 e. The van der Waals surface area contributed by atoms with Gasteiger partial charge in [-0.1, -0.05) is 0 Å². The Hall–Kier alpha value is -0.810. The van der Waals surface area contributed by atoms with Crippen molar-refractivity contribution in [3.63, 3.8) is 0 Å². The van der Waals surface area contributed by atoms with Crippen LogP contribution in [0.5, 0.6) is 0 Å². The number of aryl methyl sites for hydroxylation is 1. The second-order valence-electron chi connectivity index (χ2n) is 5.35. The molecule has 2 atom stereocenters. The summed E-state index contributed by atoms with van der Waals surface area (Å²) in [5, 5.41) is 3.17. The third-order valence-corrected chi connectivity index (χ3v) is 4.41. The summed E-state index contributed by atoms with van der Waals surface area (Å²) in [7, 11) is 2.14. The topological polar surface area (TPSA) is 37.3 Å². The Morgan fingerprint density at radius 1 is 1.58 bits per heavy atom. The number of hydrogen-bond donors (Lipinski definition) is 1. The summed E-state index contributed by atoms with van der Waals surface area (Å²) in [5.74, 6) is 0.0364. The average molecular weight is 328 g/mol. The van der Waals surface area contributed by atoms with Gasteiger partial charge in [0, 0.05) is 35.8 Å². The molecule has 1 aliphatic rings. The number of piperidine rings is 1. The van der Waals surface area contributed by atoms with Crippen LogP contribution in [0.15, 0.2) is 16.7 Å². The van der Waals surface area contributed by atoms with Gasteiger partial charge in [0.25, 0.3) is 5.91 Å². The number of halogens is 1. The van der Waals surface area contributed by atoms with Crippen LogP contribution in [0.25, 0.3) is 0 Å². The van der Waals surface area contributed by atoms with Crippen LogP contribution in [-0.2, 0) is 6.54 Å². The molecule has 4 nitrogen and oxygen atoms in total. The van der Waals surface area contributed by atoms with E-state index in [1.807, 2.05) is 23.8 Å². The lowest BCUT2D eigenvalue weighted by molar-refractivity contribution is 0.0887. The summed E-state index contributed by atoms with van der Waals surface area (Å²) < 4.78 is 2.92. The highest BCUT2D eigenvalue weighted by molar-refractivity contribution is 9.10. The molecule has 19 heavy (non-hydrogen) atoms. The molecule has 0 spiro atoms. The summed E-state index contributed by atoms with van der Waals surface area (Å²) in [6.07, 6.45) is 4.00. The molecular formula is C14H22BrN3O. The van der Waals surface area contributed by atoms with Gasteiger partial charge in [0.2, 0.25) is 0 Å². The van der Waals surface area contributed by atoms with Crippen LogP contribution >= 0.6 is 15.9 Å². The lowest BCUT2D eigenvalue weighted by Crippen LogP contribution is -2.47. The highest BCUT2D eigenvalue weighted by Gasteiger charge is 2.25. The summed E-state index contributed by atoms with van der Waals surface area (Å²) in [6.45, 7) is 6.10. The van der Waals surface area contributed by atoms with E-state index < -0.39 is 0 Å². The molecule has 2 rings (SSSR count). The molecule has 106 valence electrons. The zero-order valence-corrected chi connectivity index (χ0v) is 13.4. The van der Waals surface area contributed by atoms with Gasteiger partial charge >= 0.3 is 0 Å². The van der Waals surface area contributed by atoms with Crippen LogP contribution in [0.2, 0.25) is 0 Å². The van der Waals surface area contributed by atoms with Gasteiger partial charge in [-0.05, 0) is 55.7 Å². The number of aromatic nitrogens is 1. The van der Waals surface area contributed by atoms with Crippen molar-refractivity contribution in [2.24, 2.45) is 0 Å². The lowest BCUT2D eigenvalue weighted by atomic mass is 9.99. The van der Waals surface area contributed by atoms with Crippen LogP contribution in [0, 0.1) is 0 Å². The number of hydrogen-bond acceptors (Lipinski definition) is 2. The largest absolute Gasteiger partial charge is 0.348 e. The Labute approximate surface area is 123 Å². The van der Waals surface area contributed by atoms with E-state index in [4.69, 9.17) is 0 Å². The fourth-order valence-corrected chi connectivity index (χ4v) is 3.07. The van der Waals surface area contributed by atoms with Gasteiger partial charge in [-0.15, -0.1) is 0 Å². The van der Waals surface area contributed by atoms with Crippen molar-refractivity contribution in [3.05, 3.63) is 22.4 Å². The highest BCUT2D eigenvalue weighted by Crippen LogP contribution is 2.18. The van der Waals surface area contributed by atoms with E-state index in [1.54, 1.807) is 0 Å². The van der Waals surface area contributed by atoms with Crippen molar-refractivity contribution >= 4 is 21.8 Å². The molecule has 0 aromatic carbocycles. The zero-order valence-electron chi connectivity index (χ0n) is 11.8. The van der Waals surface area contributed by atoms with Crippen molar-refractivity contribution < 1.29 is 4.79 Å². The Morgan fingerprint density at radius 3 is 2.95 bits per heavy atom. The second-order valence-corrected chi connectivity index (χ2v) is 6.27. The van der Waals surface area contributed by atoms with Crippen LogP contribution in [-0.4, -0.2) is 41.1 Å². The van der Waals surface area contributed by atoms with E-state index in [-0.39, 0.29) is 11.9 Å². The molecule has 0 radical (unpaired) electrons. The fourth-order valence-electron chi connectivity index (χ4n) is 2.61. The number of carbonyl (C=O) groups excluding carboxylic acids is 1. The molecule has 1 saturated heterocycles. The monoisotopic (exact) mass is 327 g/mol. The van der Waals surface area contributed by atoms with Crippen LogP contribution < -0.4 is 5.32 Å². The van der Waals surface area contributed by atoms with E-state index in [0.717, 1.165) is 36.1 Å². The van der Waals surface area contributed by atoms with Crippen molar-refractivity contribution in [1.29, 1.82) is 0 Å². The number of likely N-dealkylation sites (tertiary alicyclic amines) is 1. The molecule has 1 amide bonds. The number of nitrogens with zero attached hydrogens (tertiary/aromatic N) is 2. The number of nitrogens with one attached hydrogen (secondary N) is 1. The second kappa shape index (κ2) is 6.09. The third kappa shape index (κ3) is 3.39. The first-order valence-corrected chi connectivity index (χ1v) is 7.67. The molecule has 1 fully saturated rings. The minimum atomic E-state index is 0.0364. The van der Waals surface area contributed by atoms with E-state index in [1.165, 1.54) is 0 Å². The molecule has 0 saturated carbocycles.